The molecule has 0 spiro atoms. The van der Waals surface area contributed by atoms with Crippen molar-refractivity contribution in [2.45, 2.75) is 37.8 Å². The molecular weight excluding hydrogens is 514 g/mol. The van der Waals surface area contributed by atoms with Crippen LogP contribution in [0, 0.1) is 5.41 Å². The van der Waals surface area contributed by atoms with Crippen molar-refractivity contribution in [2.24, 2.45) is 5.73 Å². The zero-order valence-electron chi connectivity index (χ0n) is 21.6. The van der Waals surface area contributed by atoms with E-state index in [9.17, 15) is 14.4 Å². The second kappa shape index (κ2) is 13.6. The second-order valence-corrected chi connectivity index (χ2v) is 10.4. The fourth-order valence-corrected chi connectivity index (χ4v) is 5.36. The van der Waals surface area contributed by atoms with Gasteiger partial charge >= 0.3 is 0 Å². The predicted molar refractivity (Wildman–Crippen MR) is 151 cm³/mol. The molecule has 4 rings (SSSR count). The molecule has 9 nitrogen and oxygen atoms in total. The number of rotatable bonds is 12. The van der Waals surface area contributed by atoms with Gasteiger partial charge in [-0.1, -0.05) is 48.5 Å². The number of thiophene rings is 1. The Labute approximate surface area is 231 Å². The van der Waals surface area contributed by atoms with Crippen LogP contribution in [0.4, 0.5) is 0 Å². The van der Waals surface area contributed by atoms with Gasteiger partial charge in [0.05, 0.1) is 19.7 Å². The van der Waals surface area contributed by atoms with Gasteiger partial charge in [-0.2, -0.15) is 0 Å². The molecule has 5 N–H and O–H groups in total. The summed E-state index contributed by atoms with van der Waals surface area (Å²) >= 11 is 1.41. The van der Waals surface area contributed by atoms with Crippen molar-refractivity contribution in [3.05, 3.63) is 88.1 Å². The molecular formula is C29H33N5O4S. The highest BCUT2D eigenvalue weighted by Gasteiger charge is 2.39. The van der Waals surface area contributed by atoms with Gasteiger partial charge in [0.2, 0.25) is 17.7 Å². The molecule has 1 aliphatic heterocycles. The third kappa shape index (κ3) is 7.90. The summed E-state index contributed by atoms with van der Waals surface area (Å²) in [7, 11) is 0. The lowest BCUT2D eigenvalue weighted by molar-refractivity contribution is -0.138. The lowest BCUT2D eigenvalue weighted by Crippen LogP contribution is -2.48. The molecule has 10 heteroatoms. The van der Waals surface area contributed by atoms with Crippen LogP contribution in [0.3, 0.4) is 0 Å². The van der Waals surface area contributed by atoms with Gasteiger partial charge in [0.1, 0.15) is 17.6 Å². The van der Waals surface area contributed by atoms with Crippen molar-refractivity contribution in [3.63, 3.8) is 0 Å². The number of likely N-dealkylation sites (tertiary alicyclic amines) is 1. The van der Waals surface area contributed by atoms with Gasteiger partial charge in [-0.25, -0.2) is 0 Å². The van der Waals surface area contributed by atoms with E-state index in [1.807, 2.05) is 60.7 Å². The van der Waals surface area contributed by atoms with Crippen LogP contribution < -0.4 is 21.1 Å². The number of nitrogen functional groups attached to an aromatic ring is 1. The number of para-hydroxylation sites is 1. The Morgan fingerprint density at radius 1 is 1.05 bits per heavy atom. The van der Waals surface area contributed by atoms with Gasteiger partial charge in [-0.05, 0) is 36.6 Å². The zero-order chi connectivity index (χ0) is 27.6. The lowest BCUT2D eigenvalue weighted by atomic mass is 9.96. The number of hydrogen-bond acceptors (Lipinski definition) is 6. The minimum absolute atomic E-state index is 0.0165. The van der Waals surface area contributed by atoms with Gasteiger partial charge in [-0.15, -0.1) is 11.3 Å². The van der Waals surface area contributed by atoms with Crippen LogP contribution >= 0.6 is 11.3 Å². The van der Waals surface area contributed by atoms with Gasteiger partial charge in [-0.3, -0.25) is 19.8 Å². The number of nitrogens with one attached hydrogen (secondary N) is 3. The molecule has 1 aliphatic rings. The molecule has 39 heavy (non-hydrogen) atoms. The summed E-state index contributed by atoms with van der Waals surface area (Å²) < 4.78 is 5.61. The Bertz CT molecular complexity index is 1280. The minimum Gasteiger partial charge on any atom is -0.494 e. The fourth-order valence-electron chi connectivity index (χ4n) is 4.54. The van der Waals surface area contributed by atoms with Crippen LogP contribution in [0.25, 0.3) is 0 Å². The van der Waals surface area contributed by atoms with E-state index in [2.05, 4.69) is 10.6 Å². The number of amides is 3. The standard InChI is InChI=1S/C29H33N5O4S/c30-28(31)22-14-24(39-19-22)16-33-29(37)25-15-21(20-8-3-1-4-9-20)18-34(25)27(36)17-32-26(35)12-7-13-38-23-10-5-2-6-11-23/h1-6,8-11,14,19,21,25H,7,12-13,15-18H2,(H3,30,31)(H,32,35)(H,33,37)/t21-,25-/m0/s1. The highest BCUT2D eigenvalue weighted by Crippen LogP contribution is 2.32. The smallest absolute Gasteiger partial charge is 0.243 e. The Hall–Kier alpha value is -4.18. The molecule has 1 fully saturated rings. The topological polar surface area (TPSA) is 138 Å². The van der Waals surface area contributed by atoms with Crippen molar-refractivity contribution in [1.82, 2.24) is 15.5 Å². The van der Waals surface area contributed by atoms with E-state index in [4.69, 9.17) is 15.9 Å². The summed E-state index contributed by atoms with van der Waals surface area (Å²) in [6.45, 7) is 0.912. The van der Waals surface area contributed by atoms with Crippen LogP contribution in [-0.2, 0) is 20.9 Å². The average Bonchev–Trinajstić information content (AvgIpc) is 3.62. The largest absolute Gasteiger partial charge is 0.494 e. The van der Waals surface area contributed by atoms with Gasteiger partial charge in [0, 0.05) is 34.7 Å². The first-order valence-corrected chi connectivity index (χ1v) is 13.8. The lowest BCUT2D eigenvalue weighted by Gasteiger charge is -2.24. The maximum atomic E-state index is 13.2. The number of hydrogen-bond donors (Lipinski definition) is 4. The molecule has 0 saturated carbocycles. The molecule has 0 aliphatic carbocycles. The van der Waals surface area contributed by atoms with E-state index in [1.54, 1.807) is 16.3 Å². The van der Waals surface area contributed by atoms with Crippen molar-refractivity contribution < 1.29 is 19.1 Å². The van der Waals surface area contributed by atoms with Crippen molar-refractivity contribution >= 4 is 34.9 Å². The van der Waals surface area contributed by atoms with Gasteiger partial charge in [0.25, 0.3) is 0 Å². The minimum atomic E-state index is -0.647. The first-order chi connectivity index (χ1) is 18.9. The Kier molecular flexibility index (Phi) is 9.69. The van der Waals surface area contributed by atoms with E-state index < -0.39 is 6.04 Å². The highest BCUT2D eigenvalue weighted by molar-refractivity contribution is 7.10. The Morgan fingerprint density at radius 2 is 1.77 bits per heavy atom. The van der Waals surface area contributed by atoms with E-state index in [0.29, 0.717) is 31.6 Å². The SMILES string of the molecule is N=C(N)c1csc(CNC(=O)[C@@H]2C[C@H](c3ccccc3)CN2C(=O)CNC(=O)CCCOc2ccccc2)c1. The van der Waals surface area contributed by atoms with Gasteiger partial charge in [0.15, 0.2) is 0 Å². The number of carbonyl (C=O) groups is 3. The zero-order valence-corrected chi connectivity index (χ0v) is 22.4. The number of nitrogens with zero attached hydrogens (tertiary/aromatic N) is 1. The highest BCUT2D eigenvalue weighted by atomic mass is 32.1. The van der Waals surface area contributed by atoms with Crippen molar-refractivity contribution in [3.8, 4) is 5.75 Å². The Balaban J connectivity index is 1.30. The van der Waals surface area contributed by atoms with Crippen LogP contribution in [0.5, 0.6) is 5.75 Å². The number of ether oxygens (including phenoxy) is 1. The van der Waals surface area contributed by atoms with Crippen molar-refractivity contribution in [1.29, 1.82) is 5.41 Å². The maximum Gasteiger partial charge on any atom is 0.243 e. The summed E-state index contributed by atoms with van der Waals surface area (Å²) in [5.41, 5.74) is 7.22. The number of amidine groups is 1. The molecule has 2 aromatic carbocycles. The van der Waals surface area contributed by atoms with Crippen LogP contribution in [0.15, 0.2) is 72.1 Å². The van der Waals surface area contributed by atoms with Crippen LogP contribution in [-0.4, -0.2) is 54.2 Å². The van der Waals surface area contributed by atoms with E-state index in [-0.39, 0.29) is 49.0 Å². The monoisotopic (exact) mass is 547 g/mol. The molecule has 204 valence electrons. The number of nitrogens with two attached hydrogens (primary N) is 1. The predicted octanol–water partition coefficient (Wildman–Crippen LogP) is 3.01. The van der Waals surface area contributed by atoms with E-state index >= 15 is 0 Å². The molecule has 0 bridgehead atoms. The molecule has 1 aromatic heterocycles. The van der Waals surface area contributed by atoms with E-state index in [0.717, 1.165) is 16.2 Å². The number of carbonyl (C=O) groups excluding carboxylic acids is 3. The molecule has 0 unspecified atom stereocenters. The van der Waals surface area contributed by atoms with Crippen molar-refractivity contribution in [2.75, 3.05) is 19.7 Å². The normalized spacial score (nSPS) is 16.5. The molecule has 2 heterocycles. The molecule has 0 radical (unpaired) electrons. The Morgan fingerprint density at radius 3 is 2.46 bits per heavy atom. The van der Waals surface area contributed by atoms with Crippen LogP contribution in [0.2, 0.25) is 0 Å². The summed E-state index contributed by atoms with van der Waals surface area (Å²) in [6, 6.07) is 20.3. The summed E-state index contributed by atoms with van der Waals surface area (Å²) in [6.07, 6.45) is 1.25. The van der Waals surface area contributed by atoms with E-state index in [1.165, 1.54) is 11.3 Å². The third-order valence-electron chi connectivity index (χ3n) is 6.59. The molecule has 2 atom stereocenters. The maximum absolute atomic E-state index is 13.2. The first kappa shape index (κ1) is 27.8. The quantitative estimate of drug-likeness (QED) is 0.157. The fraction of sp³-hybridized carbons (Fsp3) is 0.310. The third-order valence-corrected chi connectivity index (χ3v) is 7.53. The molecule has 3 amide bonds. The molecule has 1 saturated heterocycles. The number of benzene rings is 2. The van der Waals surface area contributed by atoms with Crippen LogP contribution in [0.1, 0.15) is 41.2 Å². The first-order valence-electron chi connectivity index (χ1n) is 12.9. The average molecular weight is 548 g/mol. The molecule has 3 aromatic rings. The van der Waals surface area contributed by atoms with Gasteiger partial charge < -0.3 is 26.0 Å². The summed E-state index contributed by atoms with van der Waals surface area (Å²) in [5, 5.41) is 14.9. The summed E-state index contributed by atoms with van der Waals surface area (Å²) in [4.78, 5) is 41.2. The summed E-state index contributed by atoms with van der Waals surface area (Å²) in [5.74, 6) is -0.0337. The second-order valence-electron chi connectivity index (χ2n) is 9.38.